The molecule has 1 aromatic heterocycles. The van der Waals surface area contributed by atoms with Gasteiger partial charge in [-0.05, 0) is 57.4 Å². The molecule has 36 heavy (non-hydrogen) atoms. The molecular weight excluding hydrogens is 467 g/mol. The van der Waals surface area contributed by atoms with Crippen molar-refractivity contribution >= 4 is 5.69 Å². The zero-order chi connectivity index (χ0) is 26.1. The number of likely N-dealkylation sites (tertiary alicyclic amines) is 1. The fourth-order valence-corrected chi connectivity index (χ4v) is 6.50. The van der Waals surface area contributed by atoms with Gasteiger partial charge in [0.05, 0.1) is 22.9 Å². The van der Waals surface area contributed by atoms with Crippen LogP contribution in [0.15, 0.2) is 42.7 Å². The molecule has 2 saturated heterocycles. The summed E-state index contributed by atoms with van der Waals surface area (Å²) in [5, 5.41) is 22.9. The number of aromatic nitrogens is 1. The Bertz CT molecular complexity index is 1120. The molecule has 3 aliphatic rings. The van der Waals surface area contributed by atoms with Crippen molar-refractivity contribution in [1.29, 1.82) is 0 Å². The molecule has 1 saturated carbocycles. The van der Waals surface area contributed by atoms with Gasteiger partial charge in [-0.1, -0.05) is 31.2 Å². The molecule has 0 spiro atoms. The second kappa shape index (κ2) is 8.17. The molecule has 0 bridgehead atoms. The van der Waals surface area contributed by atoms with E-state index in [0.29, 0.717) is 30.8 Å². The van der Waals surface area contributed by atoms with Crippen molar-refractivity contribution in [3.63, 3.8) is 0 Å². The zero-order valence-corrected chi connectivity index (χ0v) is 21.4. The first-order chi connectivity index (χ1) is 16.7. The Morgan fingerprint density at radius 1 is 1.00 bits per heavy atom. The molecule has 5 rings (SSSR count). The molecule has 1 aliphatic carbocycles. The molecule has 0 amide bonds. The first kappa shape index (κ1) is 25.5. The van der Waals surface area contributed by atoms with Crippen molar-refractivity contribution in [2.45, 2.75) is 62.8 Å². The largest absolute Gasteiger partial charge is 0.398 e. The molecule has 3 heterocycles. The topological polar surface area (TPSA) is 59.8 Å². The fraction of sp³-hybridized carbons (Fsp3) is 0.607. The molecule has 0 radical (unpaired) electrons. The number of nitrogens with zero attached hydrogens (tertiary/aromatic N) is 3. The highest BCUT2D eigenvalue weighted by Crippen LogP contribution is 2.59. The minimum absolute atomic E-state index is 0.107. The third kappa shape index (κ3) is 3.92. The van der Waals surface area contributed by atoms with Crippen molar-refractivity contribution < 1.29 is 23.4 Å². The smallest absolute Gasteiger partial charge is 0.390 e. The zero-order valence-electron chi connectivity index (χ0n) is 21.4. The summed E-state index contributed by atoms with van der Waals surface area (Å²) in [4.78, 5) is 8.77. The Kier molecular flexibility index (Phi) is 5.78. The molecule has 3 fully saturated rings. The number of pyridine rings is 1. The van der Waals surface area contributed by atoms with Crippen LogP contribution in [0.25, 0.3) is 0 Å². The molecule has 2 N–H and O–H groups in total. The van der Waals surface area contributed by atoms with E-state index in [1.165, 1.54) is 12.1 Å². The third-order valence-corrected chi connectivity index (χ3v) is 8.95. The van der Waals surface area contributed by atoms with Crippen LogP contribution in [0, 0.1) is 11.3 Å². The lowest BCUT2D eigenvalue weighted by atomic mass is 9.62. The van der Waals surface area contributed by atoms with E-state index in [0.717, 1.165) is 18.7 Å². The molecule has 8 heteroatoms. The summed E-state index contributed by atoms with van der Waals surface area (Å²) in [6.07, 6.45) is 0.245. The van der Waals surface area contributed by atoms with Crippen LogP contribution in [0.3, 0.4) is 0 Å². The molecule has 2 aliphatic heterocycles. The minimum Gasteiger partial charge on any atom is -0.390 e. The lowest BCUT2D eigenvalue weighted by Crippen LogP contribution is -2.63. The third-order valence-electron chi connectivity index (χ3n) is 8.95. The van der Waals surface area contributed by atoms with Crippen molar-refractivity contribution in [3.05, 3.63) is 59.4 Å². The van der Waals surface area contributed by atoms with Gasteiger partial charge in [0, 0.05) is 49.3 Å². The first-order valence-electron chi connectivity index (χ1n) is 12.7. The van der Waals surface area contributed by atoms with E-state index in [1.54, 1.807) is 24.5 Å². The van der Waals surface area contributed by atoms with Crippen molar-refractivity contribution in [2.75, 3.05) is 38.1 Å². The Morgan fingerprint density at radius 2 is 1.64 bits per heavy atom. The predicted molar refractivity (Wildman–Crippen MR) is 133 cm³/mol. The minimum atomic E-state index is -4.28. The number of halogens is 3. The first-order valence-corrected chi connectivity index (χ1v) is 12.7. The van der Waals surface area contributed by atoms with Gasteiger partial charge in [-0.15, -0.1) is 0 Å². The van der Waals surface area contributed by atoms with E-state index in [9.17, 15) is 23.4 Å². The van der Waals surface area contributed by atoms with E-state index < -0.39 is 28.2 Å². The summed E-state index contributed by atoms with van der Waals surface area (Å²) in [6.45, 7) is 8.45. The number of aliphatic hydroxyl groups is 2. The van der Waals surface area contributed by atoms with Gasteiger partial charge in [0.1, 0.15) is 5.60 Å². The van der Waals surface area contributed by atoms with Crippen molar-refractivity contribution in [2.24, 2.45) is 11.3 Å². The number of anilines is 1. The Hall–Kier alpha value is -2.16. The Labute approximate surface area is 210 Å². The van der Waals surface area contributed by atoms with E-state index in [-0.39, 0.29) is 24.3 Å². The average Bonchev–Trinajstić information content (AvgIpc) is 3.47. The quantitative estimate of drug-likeness (QED) is 0.610. The van der Waals surface area contributed by atoms with Crippen molar-refractivity contribution in [3.8, 4) is 0 Å². The molecule has 0 unspecified atom stereocenters. The van der Waals surface area contributed by atoms with E-state index in [1.807, 2.05) is 33.9 Å². The highest BCUT2D eigenvalue weighted by atomic mass is 19.4. The summed E-state index contributed by atoms with van der Waals surface area (Å²) in [7, 11) is 1.99. The summed E-state index contributed by atoms with van der Waals surface area (Å²) in [5.74, 6) is 0.133. The molecule has 2 atom stereocenters. The van der Waals surface area contributed by atoms with Crippen LogP contribution in [0.4, 0.5) is 18.9 Å². The number of rotatable bonds is 6. The maximum Gasteiger partial charge on any atom is 0.398 e. The van der Waals surface area contributed by atoms with Crippen LogP contribution in [0.2, 0.25) is 0 Å². The predicted octanol–water partition coefficient (Wildman–Crippen LogP) is 4.46. The van der Waals surface area contributed by atoms with Crippen molar-refractivity contribution in [1.82, 2.24) is 9.88 Å². The van der Waals surface area contributed by atoms with Crippen LogP contribution in [0.5, 0.6) is 0 Å². The van der Waals surface area contributed by atoms with Gasteiger partial charge >= 0.3 is 6.18 Å². The maximum atomic E-state index is 13.7. The second-order valence-electron chi connectivity index (χ2n) is 12.1. The van der Waals surface area contributed by atoms with Gasteiger partial charge in [-0.25, -0.2) is 0 Å². The molecule has 196 valence electrons. The van der Waals surface area contributed by atoms with Crippen LogP contribution in [-0.4, -0.2) is 65.1 Å². The van der Waals surface area contributed by atoms with Gasteiger partial charge in [0.25, 0.3) is 0 Å². The van der Waals surface area contributed by atoms with Crippen LogP contribution in [0.1, 0.15) is 56.7 Å². The molecular formula is C28H36F3N3O2. The second-order valence-corrected chi connectivity index (χ2v) is 12.1. The lowest BCUT2D eigenvalue weighted by Gasteiger charge is -2.56. The highest BCUT2D eigenvalue weighted by molar-refractivity contribution is 5.52. The van der Waals surface area contributed by atoms with E-state index >= 15 is 0 Å². The van der Waals surface area contributed by atoms with Gasteiger partial charge in [0.15, 0.2) is 0 Å². The summed E-state index contributed by atoms with van der Waals surface area (Å²) in [5.41, 5.74) is -2.14. The van der Waals surface area contributed by atoms with E-state index in [4.69, 9.17) is 0 Å². The van der Waals surface area contributed by atoms with Crippen LogP contribution >= 0.6 is 0 Å². The van der Waals surface area contributed by atoms with Gasteiger partial charge < -0.3 is 20.0 Å². The SMILES string of the molecule is CN1CC(C)([C@](O)(c2ccc(C3(C(F)(F)F)CC3)cc2)c2cncc(N3CC[C@H](C(C)(C)O)C3)c2)C1. The van der Waals surface area contributed by atoms with Crippen LogP contribution < -0.4 is 4.90 Å². The average molecular weight is 504 g/mol. The van der Waals surface area contributed by atoms with Gasteiger partial charge in [-0.2, -0.15) is 13.2 Å². The van der Waals surface area contributed by atoms with Gasteiger partial charge in [-0.3, -0.25) is 4.98 Å². The summed E-state index contributed by atoms with van der Waals surface area (Å²) < 4.78 is 41.1. The normalized spacial score (nSPS) is 25.4. The van der Waals surface area contributed by atoms with Crippen LogP contribution in [-0.2, 0) is 11.0 Å². The monoisotopic (exact) mass is 503 g/mol. The number of alkyl halides is 3. The summed E-state index contributed by atoms with van der Waals surface area (Å²) >= 11 is 0. The van der Waals surface area contributed by atoms with E-state index in [2.05, 4.69) is 14.8 Å². The number of hydrogen-bond acceptors (Lipinski definition) is 5. The standard InChI is InChI=1S/C28H36F3N3O2/c1-24(2,35)21-9-12-34(16-21)23-13-22(14-32-15-23)27(36,25(3)17-33(4)18-25)20-7-5-19(6-8-20)26(10-11-26)28(29,30)31/h5-8,13-15,21,35-36H,9-12,16-18H2,1-4H3/t21-,27-/m0/s1. The molecule has 1 aromatic carbocycles. The molecule has 2 aromatic rings. The Morgan fingerprint density at radius 3 is 2.14 bits per heavy atom. The summed E-state index contributed by atoms with van der Waals surface area (Å²) in [6, 6.07) is 8.36. The number of benzene rings is 1. The highest BCUT2D eigenvalue weighted by Gasteiger charge is 2.64. The maximum absolute atomic E-state index is 13.7. The van der Waals surface area contributed by atoms with Gasteiger partial charge in [0.2, 0.25) is 0 Å². The molecule has 5 nitrogen and oxygen atoms in total. The Balaban J connectivity index is 1.51. The number of hydrogen-bond donors (Lipinski definition) is 2. The fourth-order valence-electron chi connectivity index (χ4n) is 6.50. The lowest BCUT2D eigenvalue weighted by molar-refractivity contribution is -0.160.